The minimum atomic E-state index is -5.00. The van der Waals surface area contributed by atoms with Crippen molar-refractivity contribution in [3.05, 3.63) is 48.0 Å². The van der Waals surface area contributed by atoms with Crippen LogP contribution >= 0.6 is 0 Å². The summed E-state index contributed by atoms with van der Waals surface area (Å²) < 4.78 is 48.5. The lowest BCUT2D eigenvalue weighted by Gasteiger charge is -2.30. The molecule has 2 amide bonds. The molecule has 6 nitrogen and oxygen atoms in total. The number of carbonyl (C=O) groups excluding carboxylic acids is 2. The average molecular weight is 422 g/mol. The van der Waals surface area contributed by atoms with E-state index in [2.05, 4.69) is 0 Å². The number of amides is 2. The van der Waals surface area contributed by atoms with E-state index in [1.807, 2.05) is 31.2 Å². The maximum Gasteiger partial charge on any atom is 0.471 e. The summed E-state index contributed by atoms with van der Waals surface area (Å²) in [6, 6.07) is 11.7. The van der Waals surface area contributed by atoms with Crippen molar-refractivity contribution in [2.24, 2.45) is 0 Å². The van der Waals surface area contributed by atoms with Crippen LogP contribution in [-0.4, -0.2) is 37.7 Å². The largest absolute Gasteiger partial charge is 0.493 e. The highest BCUT2D eigenvalue weighted by atomic mass is 19.4. The summed E-state index contributed by atoms with van der Waals surface area (Å²) in [4.78, 5) is 24.9. The number of unbranched alkanes of at least 4 members (excludes halogenated alkanes) is 1. The smallest absolute Gasteiger partial charge is 0.471 e. The number of ether oxygens (including phenoxy) is 2. The van der Waals surface area contributed by atoms with Crippen LogP contribution < -0.4 is 19.7 Å². The Kier molecular flexibility index (Phi) is 6.49. The Morgan fingerprint density at radius 3 is 2.70 bits per heavy atom. The first kappa shape index (κ1) is 21.5. The molecule has 0 aromatic heterocycles. The Balaban J connectivity index is 1.60. The first-order valence-corrected chi connectivity index (χ1v) is 9.39. The predicted octanol–water partition coefficient (Wildman–Crippen LogP) is 4.08. The highest BCUT2D eigenvalue weighted by Gasteiger charge is 2.39. The van der Waals surface area contributed by atoms with Gasteiger partial charge in [0.2, 0.25) is 0 Å². The van der Waals surface area contributed by atoms with E-state index in [0.717, 1.165) is 11.3 Å². The minimum absolute atomic E-state index is 0.0674. The molecule has 1 N–H and O–H groups in total. The van der Waals surface area contributed by atoms with Crippen molar-refractivity contribution in [2.75, 3.05) is 30.0 Å². The quantitative estimate of drug-likeness (QED) is 0.683. The predicted molar refractivity (Wildman–Crippen MR) is 105 cm³/mol. The Hall–Kier alpha value is -3.23. The van der Waals surface area contributed by atoms with Gasteiger partial charge in [-0.05, 0) is 49.6 Å². The van der Waals surface area contributed by atoms with Crippen molar-refractivity contribution in [3.8, 4) is 11.5 Å². The molecule has 160 valence electrons. The summed E-state index contributed by atoms with van der Waals surface area (Å²) >= 11 is 0. The van der Waals surface area contributed by atoms with Crippen LogP contribution in [-0.2, 0) is 9.59 Å². The standard InChI is InChI=1S/C21H21F3N2O4/c1-14-6-2-3-7-17(14)29-11-5-4-10-26-16-12-15(25-20(28)21(22,23)24)8-9-18(16)30-13-19(26)27/h2-3,6-9,12H,4-5,10-11,13H2,1H3,(H,25,28). The zero-order valence-electron chi connectivity index (χ0n) is 16.3. The summed E-state index contributed by atoms with van der Waals surface area (Å²) in [6.45, 7) is 2.62. The number of halogens is 3. The first-order valence-electron chi connectivity index (χ1n) is 9.39. The molecule has 0 aliphatic carbocycles. The highest BCUT2D eigenvalue weighted by Crippen LogP contribution is 2.35. The molecule has 0 unspecified atom stereocenters. The molecule has 0 saturated carbocycles. The van der Waals surface area contributed by atoms with Gasteiger partial charge in [0.15, 0.2) is 6.61 Å². The van der Waals surface area contributed by atoms with Crippen LogP contribution in [0.4, 0.5) is 24.5 Å². The van der Waals surface area contributed by atoms with Crippen LogP contribution in [0.25, 0.3) is 0 Å². The second-order valence-corrected chi connectivity index (χ2v) is 6.79. The summed E-state index contributed by atoms with van der Waals surface area (Å²) in [6.07, 6.45) is -3.70. The molecule has 30 heavy (non-hydrogen) atoms. The van der Waals surface area contributed by atoms with Gasteiger partial charge in [-0.2, -0.15) is 13.2 Å². The molecule has 1 heterocycles. The van der Waals surface area contributed by atoms with E-state index in [9.17, 15) is 22.8 Å². The molecular weight excluding hydrogens is 401 g/mol. The molecule has 0 spiro atoms. The fourth-order valence-corrected chi connectivity index (χ4v) is 3.00. The van der Waals surface area contributed by atoms with Crippen molar-refractivity contribution in [2.45, 2.75) is 25.9 Å². The maximum atomic E-state index is 12.5. The van der Waals surface area contributed by atoms with Crippen molar-refractivity contribution < 1.29 is 32.2 Å². The third kappa shape index (κ3) is 5.22. The van der Waals surface area contributed by atoms with Gasteiger partial charge in [0.1, 0.15) is 11.5 Å². The van der Waals surface area contributed by atoms with Gasteiger partial charge in [0, 0.05) is 12.2 Å². The van der Waals surface area contributed by atoms with E-state index in [4.69, 9.17) is 9.47 Å². The SMILES string of the molecule is Cc1ccccc1OCCCCN1C(=O)COc2ccc(NC(=O)C(F)(F)F)cc21. The zero-order valence-corrected chi connectivity index (χ0v) is 16.3. The molecule has 0 radical (unpaired) electrons. The number of anilines is 2. The second-order valence-electron chi connectivity index (χ2n) is 6.79. The number of nitrogens with zero attached hydrogens (tertiary/aromatic N) is 1. The van der Waals surface area contributed by atoms with Gasteiger partial charge in [-0.25, -0.2) is 0 Å². The molecule has 1 aliphatic heterocycles. The number of carbonyl (C=O) groups is 2. The maximum absolute atomic E-state index is 12.5. The molecule has 2 aromatic rings. The fraction of sp³-hybridized carbons (Fsp3) is 0.333. The van der Waals surface area contributed by atoms with Crippen LogP contribution in [0.5, 0.6) is 11.5 Å². The number of alkyl halides is 3. The van der Waals surface area contributed by atoms with E-state index in [1.54, 1.807) is 5.32 Å². The monoisotopic (exact) mass is 422 g/mol. The van der Waals surface area contributed by atoms with Crippen molar-refractivity contribution in [1.82, 2.24) is 0 Å². The number of aryl methyl sites for hydroxylation is 1. The number of fused-ring (bicyclic) bond motifs is 1. The zero-order chi connectivity index (χ0) is 21.7. The van der Waals surface area contributed by atoms with Crippen LogP contribution in [0.3, 0.4) is 0 Å². The van der Waals surface area contributed by atoms with E-state index < -0.39 is 12.1 Å². The van der Waals surface area contributed by atoms with E-state index in [-0.39, 0.29) is 18.2 Å². The summed E-state index contributed by atoms with van der Waals surface area (Å²) in [5.41, 5.74) is 1.29. The normalized spacial score (nSPS) is 13.5. The van der Waals surface area contributed by atoms with Crippen LogP contribution in [0.15, 0.2) is 42.5 Å². The second kappa shape index (κ2) is 9.06. The molecular formula is C21H21F3N2O4. The third-order valence-corrected chi connectivity index (χ3v) is 4.54. The van der Waals surface area contributed by atoms with Gasteiger partial charge in [0.25, 0.3) is 5.91 Å². The number of hydrogen-bond donors (Lipinski definition) is 1. The molecule has 0 fully saturated rings. The summed E-state index contributed by atoms with van der Waals surface area (Å²) in [5.74, 6) is -1.21. The Morgan fingerprint density at radius 1 is 1.20 bits per heavy atom. The topological polar surface area (TPSA) is 67.9 Å². The van der Waals surface area contributed by atoms with Gasteiger partial charge in [0.05, 0.1) is 12.3 Å². The molecule has 9 heteroatoms. The van der Waals surface area contributed by atoms with E-state index >= 15 is 0 Å². The minimum Gasteiger partial charge on any atom is -0.493 e. The Bertz CT molecular complexity index is 931. The fourth-order valence-electron chi connectivity index (χ4n) is 3.00. The average Bonchev–Trinajstić information content (AvgIpc) is 2.69. The molecule has 3 rings (SSSR count). The van der Waals surface area contributed by atoms with E-state index in [0.29, 0.717) is 37.4 Å². The number of benzene rings is 2. The Labute approximate surface area is 171 Å². The van der Waals surface area contributed by atoms with Crippen molar-refractivity contribution >= 4 is 23.2 Å². The number of para-hydroxylation sites is 1. The van der Waals surface area contributed by atoms with Crippen molar-refractivity contribution in [3.63, 3.8) is 0 Å². The van der Waals surface area contributed by atoms with Gasteiger partial charge in [-0.3, -0.25) is 9.59 Å². The molecule has 0 saturated heterocycles. The number of nitrogens with one attached hydrogen (secondary N) is 1. The van der Waals surface area contributed by atoms with E-state index in [1.165, 1.54) is 23.1 Å². The summed E-state index contributed by atoms with van der Waals surface area (Å²) in [7, 11) is 0. The van der Waals surface area contributed by atoms with Crippen molar-refractivity contribution in [1.29, 1.82) is 0 Å². The molecule has 1 aliphatic rings. The molecule has 0 atom stereocenters. The number of hydrogen-bond acceptors (Lipinski definition) is 4. The highest BCUT2D eigenvalue weighted by molar-refractivity contribution is 6.00. The summed E-state index contributed by atoms with van der Waals surface area (Å²) in [5, 5.41) is 1.79. The molecule has 2 aromatic carbocycles. The first-order chi connectivity index (χ1) is 14.3. The third-order valence-electron chi connectivity index (χ3n) is 4.54. The van der Waals surface area contributed by atoms with Gasteiger partial charge < -0.3 is 19.7 Å². The lowest BCUT2D eigenvalue weighted by molar-refractivity contribution is -0.167. The van der Waals surface area contributed by atoms with Crippen LogP contribution in [0.2, 0.25) is 0 Å². The Morgan fingerprint density at radius 2 is 1.97 bits per heavy atom. The molecule has 0 bridgehead atoms. The van der Waals surface area contributed by atoms with Gasteiger partial charge >= 0.3 is 12.1 Å². The van der Waals surface area contributed by atoms with Gasteiger partial charge in [-0.1, -0.05) is 18.2 Å². The lowest BCUT2D eigenvalue weighted by atomic mass is 10.2. The lowest BCUT2D eigenvalue weighted by Crippen LogP contribution is -2.39. The van der Waals surface area contributed by atoms with Crippen LogP contribution in [0, 0.1) is 6.92 Å². The van der Waals surface area contributed by atoms with Crippen LogP contribution in [0.1, 0.15) is 18.4 Å². The van der Waals surface area contributed by atoms with Gasteiger partial charge in [-0.15, -0.1) is 0 Å². The number of rotatable bonds is 7.